The van der Waals surface area contributed by atoms with E-state index in [2.05, 4.69) is 10.2 Å². The summed E-state index contributed by atoms with van der Waals surface area (Å²) in [6.07, 6.45) is 0. The summed E-state index contributed by atoms with van der Waals surface area (Å²) in [6.45, 7) is 3.79. The predicted molar refractivity (Wildman–Crippen MR) is 79.8 cm³/mol. The molecule has 2 aromatic carbocycles. The van der Waals surface area contributed by atoms with Crippen molar-refractivity contribution in [2.24, 2.45) is 10.2 Å². The van der Waals surface area contributed by atoms with Crippen molar-refractivity contribution in [3.8, 4) is 0 Å². The van der Waals surface area contributed by atoms with Crippen molar-refractivity contribution in [2.45, 2.75) is 13.8 Å². The highest BCUT2D eigenvalue weighted by molar-refractivity contribution is 5.62. The van der Waals surface area contributed by atoms with Crippen molar-refractivity contribution in [1.29, 1.82) is 0 Å². The summed E-state index contributed by atoms with van der Waals surface area (Å²) < 4.78 is 0. The van der Waals surface area contributed by atoms with Crippen LogP contribution in [0.4, 0.5) is 22.7 Å². The third-order valence-electron chi connectivity index (χ3n) is 2.98. The van der Waals surface area contributed by atoms with Crippen LogP contribution < -0.4 is 0 Å². The van der Waals surface area contributed by atoms with Crippen molar-refractivity contribution in [2.75, 3.05) is 0 Å². The lowest BCUT2D eigenvalue weighted by atomic mass is 10.1. The number of nitro groups is 2. The molecule has 0 aromatic heterocycles. The molecule has 8 heteroatoms. The number of rotatable bonds is 4. The van der Waals surface area contributed by atoms with Gasteiger partial charge in [-0.05, 0) is 31.5 Å². The van der Waals surface area contributed by atoms with E-state index in [4.69, 9.17) is 0 Å². The number of non-ortho nitro benzene ring substituents is 1. The van der Waals surface area contributed by atoms with Gasteiger partial charge in [0.05, 0.1) is 21.6 Å². The zero-order valence-electron chi connectivity index (χ0n) is 11.9. The van der Waals surface area contributed by atoms with Gasteiger partial charge >= 0.3 is 5.69 Å². The van der Waals surface area contributed by atoms with Crippen LogP contribution >= 0.6 is 0 Å². The zero-order valence-corrected chi connectivity index (χ0v) is 11.9. The third-order valence-corrected chi connectivity index (χ3v) is 2.98. The van der Waals surface area contributed by atoms with Crippen LogP contribution in [0.15, 0.2) is 46.6 Å². The first-order chi connectivity index (χ1) is 10.4. The summed E-state index contributed by atoms with van der Waals surface area (Å²) >= 11 is 0. The van der Waals surface area contributed by atoms with Crippen LogP contribution in [-0.2, 0) is 0 Å². The number of benzene rings is 2. The first-order valence-electron chi connectivity index (χ1n) is 6.30. The van der Waals surface area contributed by atoms with E-state index in [1.807, 2.05) is 26.0 Å². The van der Waals surface area contributed by atoms with Crippen LogP contribution in [0.25, 0.3) is 0 Å². The Balaban J connectivity index is 2.42. The predicted octanol–water partition coefficient (Wildman–Crippen LogP) is 4.54. The van der Waals surface area contributed by atoms with Gasteiger partial charge in [0, 0.05) is 6.07 Å². The first-order valence-corrected chi connectivity index (χ1v) is 6.30. The molecule has 0 unspecified atom stereocenters. The Labute approximate surface area is 125 Å². The highest BCUT2D eigenvalue weighted by atomic mass is 16.6. The van der Waals surface area contributed by atoms with E-state index < -0.39 is 15.5 Å². The maximum Gasteiger partial charge on any atom is 0.303 e. The Bertz CT molecular complexity index is 786. The van der Waals surface area contributed by atoms with Crippen molar-refractivity contribution in [1.82, 2.24) is 0 Å². The summed E-state index contributed by atoms with van der Waals surface area (Å²) in [5, 5.41) is 29.5. The van der Waals surface area contributed by atoms with E-state index in [0.717, 1.165) is 23.3 Å². The molecule has 0 bridgehead atoms. The number of nitrogens with zero attached hydrogens (tertiary/aromatic N) is 4. The maximum absolute atomic E-state index is 11.0. The number of hydrogen-bond acceptors (Lipinski definition) is 6. The topological polar surface area (TPSA) is 111 Å². The Morgan fingerprint density at radius 1 is 0.864 bits per heavy atom. The molecule has 0 N–H and O–H groups in total. The molecule has 0 radical (unpaired) electrons. The second-order valence-corrected chi connectivity index (χ2v) is 4.68. The Kier molecular flexibility index (Phi) is 4.21. The van der Waals surface area contributed by atoms with Crippen LogP contribution in [0.3, 0.4) is 0 Å². The van der Waals surface area contributed by atoms with E-state index >= 15 is 0 Å². The lowest BCUT2D eigenvalue weighted by Gasteiger charge is -2.00. The van der Waals surface area contributed by atoms with E-state index in [1.165, 1.54) is 6.07 Å². The van der Waals surface area contributed by atoms with Crippen LogP contribution in [-0.4, -0.2) is 9.85 Å². The fourth-order valence-electron chi connectivity index (χ4n) is 1.88. The molecule has 8 nitrogen and oxygen atoms in total. The molecule has 0 amide bonds. The molecule has 0 saturated heterocycles. The molecule has 0 spiro atoms. The minimum atomic E-state index is -0.719. The number of nitro benzene ring substituents is 2. The Morgan fingerprint density at radius 3 is 2.09 bits per heavy atom. The summed E-state index contributed by atoms with van der Waals surface area (Å²) in [6, 6.07) is 8.76. The lowest BCUT2D eigenvalue weighted by molar-refractivity contribution is -0.393. The standard InChI is InChI=1S/C14H12N4O4/c1-9-3-5-12(10(2)7-9)15-16-13-6-4-11(17(19)20)8-14(13)18(21)22/h3-8H,1-2H3. The van der Waals surface area contributed by atoms with Gasteiger partial charge in [-0.2, -0.15) is 5.11 Å². The highest BCUT2D eigenvalue weighted by Crippen LogP contribution is 2.33. The van der Waals surface area contributed by atoms with Gasteiger partial charge in [-0.1, -0.05) is 17.7 Å². The van der Waals surface area contributed by atoms with E-state index in [1.54, 1.807) is 6.07 Å². The average Bonchev–Trinajstić information content (AvgIpc) is 2.46. The molecule has 112 valence electrons. The summed E-state index contributed by atoms with van der Waals surface area (Å²) in [4.78, 5) is 20.3. The molecule has 0 fully saturated rings. The van der Waals surface area contributed by atoms with E-state index in [0.29, 0.717) is 5.69 Å². The number of hydrogen-bond donors (Lipinski definition) is 0. The molecule has 22 heavy (non-hydrogen) atoms. The van der Waals surface area contributed by atoms with Gasteiger partial charge < -0.3 is 0 Å². The molecule has 0 saturated carbocycles. The molecular formula is C14H12N4O4. The Morgan fingerprint density at radius 2 is 1.50 bits per heavy atom. The largest absolute Gasteiger partial charge is 0.303 e. The second-order valence-electron chi connectivity index (χ2n) is 4.68. The molecule has 0 aliphatic heterocycles. The summed E-state index contributed by atoms with van der Waals surface area (Å²) in [5.41, 5.74) is 1.68. The van der Waals surface area contributed by atoms with Crippen LogP contribution in [0.5, 0.6) is 0 Å². The van der Waals surface area contributed by atoms with Crippen molar-refractivity contribution in [3.05, 3.63) is 67.8 Å². The molecule has 0 heterocycles. The summed E-state index contributed by atoms with van der Waals surface area (Å²) in [5.74, 6) is 0. The molecule has 0 atom stereocenters. The second kappa shape index (κ2) is 6.08. The average molecular weight is 300 g/mol. The summed E-state index contributed by atoms with van der Waals surface area (Å²) in [7, 11) is 0. The van der Waals surface area contributed by atoms with Gasteiger partial charge in [-0.3, -0.25) is 20.2 Å². The van der Waals surface area contributed by atoms with Gasteiger partial charge in [0.25, 0.3) is 5.69 Å². The number of azo groups is 1. The first kappa shape index (κ1) is 15.2. The minimum Gasteiger partial charge on any atom is -0.258 e. The molecule has 2 rings (SSSR count). The van der Waals surface area contributed by atoms with Crippen LogP contribution in [0.1, 0.15) is 11.1 Å². The van der Waals surface area contributed by atoms with E-state index in [9.17, 15) is 20.2 Å². The highest BCUT2D eigenvalue weighted by Gasteiger charge is 2.19. The molecule has 0 aliphatic rings. The SMILES string of the molecule is Cc1ccc(N=Nc2ccc([N+](=O)[O-])cc2[N+](=O)[O-])c(C)c1. The lowest BCUT2D eigenvalue weighted by Crippen LogP contribution is -1.92. The maximum atomic E-state index is 11.0. The third kappa shape index (κ3) is 3.29. The molecule has 2 aromatic rings. The zero-order chi connectivity index (χ0) is 16.3. The van der Waals surface area contributed by atoms with Gasteiger partial charge in [0.2, 0.25) is 0 Å². The van der Waals surface area contributed by atoms with Gasteiger partial charge in [-0.25, -0.2) is 0 Å². The fraction of sp³-hybridized carbons (Fsp3) is 0.143. The fourth-order valence-corrected chi connectivity index (χ4v) is 1.88. The van der Waals surface area contributed by atoms with Crippen LogP contribution in [0.2, 0.25) is 0 Å². The number of aryl methyl sites for hydroxylation is 2. The van der Waals surface area contributed by atoms with Gasteiger partial charge in [-0.15, -0.1) is 5.11 Å². The Hall–Kier alpha value is -3.16. The van der Waals surface area contributed by atoms with Crippen molar-refractivity contribution < 1.29 is 9.85 Å². The van der Waals surface area contributed by atoms with Crippen molar-refractivity contribution >= 4 is 22.7 Å². The molecular weight excluding hydrogens is 288 g/mol. The minimum absolute atomic E-state index is 0.0319. The van der Waals surface area contributed by atoms with Gasteiger partial charge in [0.15, 0.2) is 5.69 Å². The monoisotopic (exact) mass is 300 g/mol. The van der Waals surface area contributed by atoms with E-state index in [-0.39, 0.29) is 11.4 Å². The smallest absolute Gasteiger partial charge is 0.258 e. The normalized spacial score (nSPS) is 10.8. The van der Waals surface area contributed by atoms with Crippen molar-refractivity contribution in [3.63, 3.8) is 0 Å². The quantitative estimate of drug-likeness (QED) is 0.468. The van der Waals surface area contributed by atoms with Gasteiger partial charge in [0.1, 0.15) is 0 Å². The molecule has 0 aliphatic carbocycles. The van der Waals surface area contributed by atoms with Crippen LogP contribution in [0, 0.1) is 34.1 Å².